The maximum atomic E-state index is 12.2. The van der Waals surface area contributed by atoms with E-state index in [4.69, 9.17) is 9.47 Å². The number of aromatic nitrogens is 2. The molecule has 1 aromatic heterocycles. The molecule has 0 fully saturated rings. The quantitative estimate of drug-likeness (QED) is 0.626. The zero-order valence-electron chi connectivity index (χ0n) is 15.0. The van der Waals surface area contributed by atoms with Gasteiger partial charge in [-0.15, -0.1) is 10.2 Å². The Balaban J connectivity index is 1.57. The summed E-state index contributed by atoms with van der Waals surface area (Å²) >= 11 is 1.32. The van der Waals surface area contributed by atoms with E-state index in [-0.39, 0.29) is 11.7 Å². The first-order valence-corrected chi connectivity index (χ1v) is 9.22. The molecule has 1 N–H and O–H groups in total. The van der Waals surface area contributed by atoms with Gasteiger partial charge in [0.15, 0.2) is 0 Å². The first-order chi connectivity index (χ1) is 13.2. The molecule has 0 radical (unpaired) electrons. The largest absolute Gasteiger partial charge is 0.497 e. The molecular weight excluding hydrogens is 362 g/mol. The van der Waals surface area contributed by atoms with Gasteiger partial charge in [-0.25, -0.2) is 0 Å². The van der Waals surface area contributed by atoms with E-state index in [1.54, 1.807) is 26.4 Å². The number of amides is 1. The van der Waals surface area contributed by atoms with E-state index in [0.717, 1.165) is 17.0 Å². The number of ether oxygens (including phenoxy) is 2. The highest BCUT2D eigenvalue weighted by Gasteiger charge is 2.09. The molecule has 27 heavy (non-hydrogen) atoms. The molecule has 0 spiro atoms. The van der Waals surface area contributed by atoms with Gasteiger partial charge >= 0.3 is 0 Å². The van der Waals surface area contributed by atoms with E-state index in [9.17, 15) is 4.79 Å². The molecule has 0 bridgehead atoms. The van der Waals surface area contributed by atoms with E-state index < -0.39 is 0 Å². The Morgan fingerprint density at radius 2 is 1.74 bits per heavy atom. The number of hydrogen-bond acceptors (Lipinski definition) is 6. The number of nitrogens with zero attached hydrogens (tertiary/aromatic N) is 2. The summed E-state index contributed by atoms with van der Waals surface area (Å²) in [4.78, 5) is 12.2. The van der Waals surface area contributed by atoms with Gasteiger partial charge in [-0.05, 0) is 48.5 Å². The van der Waals surface area contributed by atoms with E-state index in [2.05, 4.69) is 15.5 Å². The molecular formula is C20H19N3O3S. The lowest BCUT2D eigenvalue weighted by molar-refractivity contribution is -0.113. The Morgan fingerprint density at radius 1 is 0.963 bits per heavy atom. The fourth-order valence-electron chi connectivity index (χ4n) is 2.39. The molecule has 0 aliphatic heterocycles. The third-order valence-electron chi connectivity index (χ3n) is 3.76. The van der Waals surface area contributed by atoms with Crippen molar-refractivity contribution in [3.05, 3.63) is 60.7 Å². The van der Waals surface area contributed by atoms with E-state index >= 15 is 0 Å². The Morgan fingerprint density at radius 3 is 2.41 bits per heavy atom. The molecule has 0 saturated carbocycles. The first kappa shape index (κ1) is 18.7. The van der Waals surface area contributed by atoms with Crippen LogP contribution in [0.25, 0.3) is 11.3 Å². The van der Waals surface area contributed by atoms with Crippen LogP contribution in [0.1, 0.15) is 0 Å². The molecule has 1 amide bonds. The van der Waals surface area contributed by atoms with E-state index in [1.807, 2.05) is 48.5 Å². The van der Waals surface area contributed by atoms with E-state index in [0.29, 0.717) is 16.5 Å². The smallest absolute Gasteiger partial charge is 0.234 e. The van der Waals surface area contributed by atoms with Crippen LogP contribution < -0.4 is 14.8 Å². The minimum absolute atomic E-state index is 0.134. The Bertz CT molecular complexity index is 899. The standard InChI is InChI=1S/C20H19N3O3S/c1-25-15-9-7-14(8-10-15)16-11-12-20(23-22-16)27-13-19(24)21-17-5-3-4-6-18(17)26-2/h3-12H,13H2,1-2H3,(H,21,24). The van der Waals surface area contributed by atoms with Gasteiger partial charge in [0.25, 0.3) is 0 Å². The van der Waals surface area contributed by atoms with Crippen molar-refractivity contribution in [1.29, 1.82) is 0 Å². The second-order valence-electron chi connectivity index (χ2n) is 5.52. The predicted molar refractivity (Wildman–Crippen MR) is 106 cm³/mol. The fourth-order valence-corrected chi connectivity index (χ4v) is 3.00. The number of methoxy groups -OCH3 is 2. The summed E-state index contributed by atoms with van der Waals surface area (Å²) in [6.45, 7) is 0. The molecule has 0 saturated heterocycles. The molecule has 7 heteroatoms. The lowest BCUT2D eigenvalue weighted by atomic mass is 10.1. The predicted octanol–water partition coefficient (Wildman–Crippen LogP) is 3.89. The summed E-state index contributed by atoms with van der Waals surface area (Å²) in [7, 11) is 3.20. The molecule has 2 aromatic carbocycles. The lowest BCUT2D eigenvalue weighted by Gasteiger charge is -2.09. The molecule has 0 aliphatic rings. The van der Waals surface area contributed by atoms with Crippen LogP contribution in [0.15, 0.2) is 65.7 Å². The molecule has 3 rings (SSSR count). The highest BCUT2D eigenvalue weighted by molar-refractivity contribution is 7.99. The van der Waals surface area contributed by atoms with Gasteiger partial charge in [0, 0.05) is 5.56 Å². The molecule has 0 atom stereocenters. The molecule has 0 aliphatic carbocycles. The summed E-state index contributed by atoms with van der Waals surface area (Å²) in [6, 6.07) is 18.6. The summed E-state index contributed by atoms with van der Waals surface area (Å²) in [5, 5.41) is 11.9. The monoisotopic (exact) mass is 381 g/mol. The summed E-state index contributed by atoms with van der Waals surface area (Å²) < 4.78 is 10.4. The van der Waals surface area contributed by atoms with Crippen LogP contribution in [-0.4, -0.2) is 36.1 Å². The maximum absolute atomic E-state index is 12.2. The Labute approximate surface area is 161 Å². The number of anilines is 1. The number of carbonyl (C=O) groups is 1. The third-order valence-corrected chi connectivity index (χ3v) is 4.68. The minimum Gasteiger partial charge on any atom is -0.497 e. The third kappa shape index (κ3) is 4.98. The van der Waals surface area contributed by atoms with Crippen molar-refractivity contribution in [3.63, 3.8) is 0 Å². The lowest BCUT2D eigenvalue weighted by Crippen LogP contribution is -2.14. The van der Waals surface area contributed by atoms with Crippen molar-refractivity contribution in [2.75, 3.05) is 25.3 Å². The summed E-state index contributed by atoms with van der Waals surface area (Å²) in [6.07, 6.45) is 0. The molecule has 138 valence electrons. The van der Waals surface area contributed by atoms with Crippen molar-refractivity contribution in [1.82, 2.24) is 10.2 Å². The van der Waals surface area contributed by atoms with Gasteiger partial charge < -0.3 is 14.8 Å². The van der Waals surface area contributed by atoms with Crippen LogP contribution in [-0.2, 0) is 4.79 Å². The second kappa shape index (κ2) is 9.05. The number of para-hydroxylation sites is 2. The van der Waals surface area contributed by atoms with Crippen LogP contribution >= 0.6 is 11.8 Å². The van der Waals surface area contributed by atoms with Crippen LogP contribution in [0.5, 0.6) is 11.5 Å². The highest BCUT2D eigenvalue weighted by atomic mass is 32.2. The zero-order valence-corrected chi connectivity index (χ0v) is 15.8. The van der Waals surface area contributed by atoms with Crippen molar-refractivity contribution >= 4 is 23.4 Å². The summed E-state index contributed by atoms with van der Waals surface area (Å²) in [5.74, 6) is 1.51. The number of nitrogens with one attached hydrogen (secondary N) is 1. The van der Waals surface area contributed by atoms with Crippen molar-refractivity contribution in [2.24, 2.45) is 0 Å². The van der Waals surface area contributed by atoms with Gasteiger partial charge in [-0.3, -0.25) is 4.79 Å². The normalized spacial score (nSPS) is 10.3. The van der Waals surface area contributed by atoms with Gasteiger partial charge in [-0.2, -0.15) is 0 Å². The number of benzene rings is 2. The Kier molecular flexibility index (Phi) is 6.27. The molecule has 6 nitrogen and oxygen atoms in total. The zero-order chi connectivity index (χ0) is 19.1. The van der Waals surface area contributed by atoms with Crippen molar-refractivity contribution < 1.29 is 14.3 Å². The second-order valence-corrected chi connectivity index (χ2v) is 6.52. The molecule has 3 aromatic rings. The van der Waals surface area contributed by atoms with Gasteiger partial charge in [0.05, 0.1) is 31.4 Å². The van der Waals surface area contributed by atoms with E-state index in [1.165, 1.54) is 11.8 Å². The summed E-state index contributed by atoms with van der Waals surface area (Å²) in [5.41, 5.74) is 2.36. The van der Waals surface area contributed by atoms with Crippen molar-refractivity contribution in [2.45, 2.75) is 5.03 Å². The van der Waals surface area contributed by atoms with Gasteiger partial charge in [-0.1, -0.05) is 23.9 Å². The number of hydrogen-bond donors (Lipinski definition) is 1. The topological polar surface area (TPSA) is 73.3 Å². The van der Waals surface area contributed by atoms with Crippen LogP contribution in [0.4, 0.5) is 5.69 Å². The maximum Gasteiger partial charge on any atom is 0.234 e. The van der Waals surface area contributed by atoms with Gasteiger partial charge in [0.1, 0.15) is 16.5 Å². The Hall–Kier alpha value is -3.06. The highest BCUT2D eigenvalue weighted by Crippen LogP contribution is 2.24. The van der Waals surface area contributed by atoms with Crippen LogP contribution in [0.3, 0.4) is 0 Å². The van der Waals surface area contributed by atoms with Crippen LogP contribution in [0.2, 0.25) is 0 Å². The number of thioether (sulfide) groups is 1. The minimum atomic E-state index is -0.134. The fraction of sp³-hybridized carbons (Fsp3) is 0.150. The van der Waals surface area contributed by atoms with Gasteiger partial charge in [0.2, 0.25) is 5.91 Å². The van der Waals surface area contributed by atoms with Crippen LogP contribution in [0, 0.1) is 0 Å². The first-order valence-electron chi connectivity index (χ1n) is 8.23. The number of rotatable bonds is 7. The average Bonchev–Trinajstić information content (AvgIpc) is 2.73. The van der Waals surface area contributed by atoms with Crippen molar-refractivity contribution in [3.8, 4) is 22.8 Å². The molecule has 1 heterocycles. The molecule has 0 unspecified atom stereocenters. The number of carbonyl (C=O) groups excluding carboxylic acids is 1. The average molecular weight is 381 g/mol. The SMILES string of the molecule is COc1ccc(-c2ccc(SCC(=O)Nc3ccccc3OC)nn2)cc1.